The van der Waals surface area contributed by atoms with Crippen molar-refractivity contribution in [1.82, 2.24) is 14.8 Å². The molecule has 0 bridgehead atoms. The molecule has 0 N–H and O–H groups in total. The molecule has 29 heavy (non-hydrogen) atoms. The number of anilines is 1. The van der Waals surface area contributed by atoms with Crippen molar-refractivity contribution in [3.8, 4) is 16.9 Å². The molecule has 0 saturated heterocycles. The average Bonchev–Trinajstić information content (AvgIpc) is 3.25. The number of pyridine rings is 1. The number of aromatic nitrogens is 3. The quantitative estimate of drug-likeness (QED) is 0.489. The molecule has 0 aliphatic heterocycles. The summed E-state index contributed by atoms with van der Waals surface area (Å²) in [6.07, 6.45) is 5.19. The fourth-order valence-electron chi connectivity index (χ4n) is 3.39. The van der Waals surface area contributed by atoms with Crippen LogP contribution in [-0.2, 0) is 0 Å². The maximum Gasteiger partial charge on any atom is 0.258 e. The van der Waals surface area contributed by atoms with Gasteiger partial charge in [0.05, 0.1) is 29.5 Å². The molecule has 2 heterocycles. The maximum absolute atomic E-state index is 13.3. The highest BCUT2D eigenvalue weighted by Gasteiger charge is 2.21. The van der Waals surface area contributed by atoms with E-state index < -0.39 is 0 Å². The fourth-order valence-corrected chi connectivity index (χ4v) is 3.39. The van der Waals surface area contributed by atoms with Gasteiger partial charge in [-0.2, -0.15) is 5.10 Å². The molecule has 4 rings (SSSR count). The van der Waals surface area contributed by atoms with Gasteiger partial charge in [-0.25, -0.2) is 4.68 Å². The van der Waals surface area contributed by atoms with Gasteiger partial charge in [0.2, 0.25) is 0 Å². The van der Waals surface area contributed by atoms with Gasteiger partial charge in [-0.3, -0.25) is 9.78 Å². The Morgan fingerprint density at radius 2 is 1.76 bits per heavy atom. The lowest BCUT2D eigenvalue weighted by Gasteiger charge is -2.26. The molecule has 0 aliphatic rings. The van der Waals surface area contributed by atoms with E-state index >= 15 is 0 Å². The Kier molecular flexibility index (Phi) is 5.20. The van der Waals surface area contributed by atoms with Gasteiger partial charge in [-0.1, -0.05) is 36.4 Å². The van der Waals surface area contributed by atoms with Gasteiger partial charge in [0.25, 0.3) is 5.91 Å². The monoisotopic (exact) mass is 382 g/mol. The molecule has 2 aromatic heterocycles. The van der Waals surface area contributed by atoms with Crippen LogP contribution in [0, 0.1) is 0 Å². The summed E-state index contributed by atoms with van der Waals surface area (Å²) in [6, 6.07) is 23.4. The number of rotatable bonds is 5. The highest BCUT2D eigenvalue weighted by atomic mass is 16.2. The molecule has 5 heteroatoms. The van der Waals surface area contributed by atoms with E-state index in [9.17, 15) is 4.79 Å². The molecule has 0 aliphatic carbocycles. The van der Waals surface area contributed by atoms with Gasteiger partial charge < -0.3 is 4.90 Å². The predicted octanol–water partition coefficient (Wildman–Crippen LogP) is 4.99. The fraction of sp³-hybridized carbons (Fsp3) is 0.125. The van der Waals surface area contributed by atoms with Crippen molar-refractivity contribution in [3.63, 3.8) is 0 Å². The molecule has 4 aromatic rings. The van der Waals surface area contributed by atoms with Crippen LogP contribution in [0.2, 0.25) is 0 Å². The normalized spacial score (nSPS) is 10.9. The zero-order chi connectivity index (χ0) is 20.2. The molecule has 0 fully saturated rings. The number of nitrogens with zero attached hydrogens (tertiary/aromatic N) is 4. The largest absolute Gasteiger partial charge is 0.304 e. The van der Waals surface area contributed by atoms with E-state index in [-0.39, 0.29) is 11.9 Å². The third kappa shape index (κ3) is 3.80. The van der Waals surface area contributed by atoms with Crippen molar-refractivity contribution in [3.05, 3.63) is 97.0 Å². The molecule has 1 amide bonds. The van der Waals surface area contributed by atoms with Crippen LogP contribution < -0.4 is 4.90 Å². The number of hydrogen-bond acceptors (Lipinski definition) is 3. The summed E-state index contributed by atoms with van der Waals surface area (Å²) in [7, 11) is 0. The van der Waals surface area contributed by atoms with Gasteiger partial charge in [0.15, 0.2) is 0 Å². The van der Waals surface area contributed by atoms with Crippen LogP contribution in [0.4, 0.5) is 5.69 Å². The van der Waals surface area contributed by atoms with Gasteiger partial charge in [0, 0.05) is 23.4 Å². The van der Waals surface area contributed by atoms with Crippen molar-refractivity contribution in [1.29, 1.82) is 0 Å². The van der Waals surface area contributed by atoms with Crippen molar-refractivity contribution in [2.45, 2.75) is 19.9 Å². The molecule has 5 nitrogen and oxygen atoms in total. The Labute approximate surface area is 170 Å². The van der Waals surface area contributed by atoms with Crippen LogP contribution in [-0.4, -0.2) is 26.7 Å². The number of carbonyl (C=O) groups is 1. The zero-order valence-electron chi connectivity index (χ0n) is 16.4. The first-order valence-electron chi connectivity index (χ1n) is 9.58. The minimum Gasteiger partial charge on any atom is -0.304 e. The summed E-state index contributed by atoms with van der Waals surface area (Å²) in [5, 5.41) is 4.48. The van der Waals surface area contributed by atoms with Crippen molar-refractivity contribution in [2.75, 3.05) is 4.90 Å². The Morgan fingerprint density at radius 3 is 2.48 bits per heavy atom. The Bertz CT molecular complexity index is 1100. The highest BCUT2D eigenvalue weighted by Crippen LogP contribution is 2.24. The molecular weight excluding hydrogens is 360 g/mol. The molecule has 0 radical (unpaired) electrons. The molecule has 144 valence electrons. The van der Waals surface area contributed by atoms with Gasteiger partial charge in [-0.15, -0.1) is 0 Å². The highest BCUT2D eigenvalue weighted by molar-refractivity contribution is 6.06. The first kappa shape index (κ1) is 18.6. The average molecular weight is 382 g/mol. The predicted molar refractivity (Wildman–Crippen MR) is 115 cm³/mol. The van der Waals surface area contributed by atoms with Crippen molar-refractivity contribution >= 4 is 11.6 Å². The van der Waals surface area contributed by atoms with Crippen LogP contribution in [0.25, 0.3) is 16.9 Å². The maximum atomic E-state index is 13.3. The van der Waals surface area contributed by atoms with Gasteiger partial charge in [-0.05, 0) is 50.2 Å². The first-order valence-corrected chi connectivity index (χ1v) is 9.58. The number of amides is 1. The smallest absolute Gasteiger partial charge is 0.258 e. The zero-order valence-corrected chi connectivity index (χ0v) is 16.4. The van der Waals surface area contributed by atoms with Crippen LogP contribution >= 0.6 is 0 Å². The van der Waals surface area contributed by atoms with E-state index in [0.29, 0.717) is 5.56 Å². The van der Waals surface area contributed by atoms with E-state index in [2.05, 4.69) is 10.1 Å². The van der Waals surface area contributed by atoms with Gasteiger partial charge >= 0.3 is 0 Å². The summed E-state index contributed by atoms with van der Waals surface area (Å²) in [6.45, 7) is 3.99. The van der Waals surface area contributed by atoms with E-state index in [4.69, 9.17) is 0 Å². The standard InChI is InChI=1S/C24H22N4O/c1-18(2)27(22-12-7-14-25-17-22)24(29)20-10-6-11-21(16-20)28-23(13-15-26-28)19-8-4-3-5-9-19/h3-18H,1-2H3. The SMILES string of the molecule is CC(C)N(C(=O)c1cccc(-n2nccc2-c2ccccc2)c1)c1cccnc1. The second-order valence-corrected chi connectivity index (χ2v) is 7.02. The molecular formula is C24H22N4O. The molecule has 2 aromatic carbocycles. The Hall–Kier alpha value is -3.73. The van der Waals surface area contributed by atoms with Crippen molar-refractivity contribution < 1.29 is 4.79 Å². The molecule has 0 atom stereocenters. The first-order chi connectivity index (χ1) is 14.1. The van der Waals surface area contributed by atoms with Crippen molar-refractivity contribution in [2.24, 2.45) is 0 Å². The summed E-state index contributed by atoms with van der Waals surface area (Å²) >= 11 is 0. The number of carbonyl (C=O) groups excluding carboxylic acids is 1. The van der Waals surface area contributed by atoms with E-state index in [1.807, 2.05) is 91.3 Å². The third-order valence-corrected chi connectivity index (χ3v) is 4.71. The summed E-state index contributed by atoms with van der Waals surface area (Å²) in [4.78, 5) is 19.2. The minimum absolute atomic E-state index is 0.0000563. The van der Waals surface area contributed by atoms with Crippen LogP contribution in [0.3, 0.4) is 0 Å². The number of benzene rings is 2. The van der Waals surface area contributed by atoms with Crippen LogP contribution in [0.15, 0.2) is 91.4 Å². The second-order valence-electron chi connectivity index (χ2n) is 7.02. The lowest BCUT2D eigenvalue weighted by atomic mass is 10.1. The third-order valence-electron chi connectivity index (χ3n) is 4.71. The number of hydrogen-bond donors (Lipinski definition) is 0. The Balaban J connectivity index is 1.72. The topological polar surface area (TPSA) is 51.0 Å². The van der Waals surface area contributed by atoms with Crippen LogP contribution in [0.5, 0.6) is 0 Å². The Morgan fingerprint density at radius 1 is 0.931 bits per heavy atom. The summed E-state index contributed by atoms with van der Waals surface area (Å²) < 4.78 is 1.86. The lowest BCUT2D eigenvalue weighted by Crippen LogP contribution is -2.37. The molecule has 0 saturated carbocycles. The van der Waals surface area contributed by atoms with Crippen LogP contribution in [0.1, 0.15) is 24.2 Å². The van der Waals surface area contributed by atoms with E-state index in [1.54, 1.807) is 23.5 Å². The summed E-state index contributed by atoms with van der Waals surface area (Å²) in [5.41, 5.74) is 4.27. The molecule has 0 spiro atoms. The minimum atomic E-state index is -0.0664. The van der Waals surface area contributed by atoms with E-state index in [1.165, 1.54) is 0 Å². The summed E-state index contributed by atoms with van der Waals surface area (Å²) in [5.74, 6) is -0.0664. The van der Waals surface area contributed by atoms with E-state index in [0.717, 1.165) is 22.6 Å². The molecule has 0 unspecified atom stereocenters. The van der Waals surface area contributed by atoms with Gasteiger partial charge in [0.1, 0.15) is 0 Å². The second kappa shape index (κ2) is 8.10. The lowest BCUT2D eigenvalue weighted by molar-refractivity contribution is 0.0980.